The van der Waals surface area contributed by atoms with Gasteiger partial charge in [-0.1, -0.05) is 0 Å². The molecular formula is C14H14ClHfS-3. The molecule has 0 aromatic carbocycles. The molecule has 17 heavy (non-hydrogen) atoms. The first kappa shape index (κ1) is 19.2. The normalized spacial score (nSPS) is 12.7. The van der Waals surface area contributed by atoms with Gasteiger partial charge >= 0.3 is 0 Å². The smallest absolute Gasteiger partial charge is 0 e. The van der Waals surface area contributed by atoms with Crippen LogP contribution in [-0.2, 0) is 25.8 Å². The summed E-state index contributed by atoms with van der Waals surface area (Å²) in [6, 6.07) is 3.86. The van der Waals surface area contributed by atoms with Crippen LogP contribution < -0.4 is 0 Å². The Kier molecular flexibility index (Phi) is 17.8. The molecule has 0 unspecified atom stereocenters. The third-order valence-electron chi connectivity index (χ3n) is 1.55. The van der Waals surface area contributed by atoms with Gasteiger partial charge in [-0.05, 0) is 0 Å². The topological polar surface area (TPSA) is 0 Å². The van der Waals surface area contributed by atoms with Crippen LogP contribution in [0.5, 0.6) is 0 Å². The van der Waals surface area contributed by atoms with Crippen molar-refractivity contribution >= 4 is 23.7 Å². The van der Waals surface area contributed by atoms with Crippen molar-refractivity contribution in [3.63, 3.8) is 0 Å². The summed E-state index contributed by atoms with van der Waals surface area (Å²) in [4.78, 5) is 0. The van der Waals surface area contributed by atoms with E-state index in [1.54, 1.807) is 11.3 Å². The minimum absolute atomic E-state index is 0. The van der Waals surface area contributed by atoms with Crippen LogP contribution in [0.15, 0.2) is 54.0 Å². The van der Waals surface area contributed by atoms with Crippen molar-refractivity contribution in [1.82, 2.24) is 0 Å². The molecule has 2 aliphatic carbocycles. The largest absolute Gasteiger partial charge is 0.304 e. The Morgan fingerprint density at radius 2 is 1.53 bits per heavy atom. The summed E-state index contributed by atoms with van der Waals surface area (Å²) >= 11 is 1.59. The SMILES string of the molecule is Cl.[C-]1=CC=CC1.[C-]1=CC=CC1.[Hf].[c-]1cccs1. The Morgan fingerprint density at radius 1 is 0.941 bits per heavy atom. The van der Waals surface area contributed by atoms with Gasteiger partial charge in [0, 0.05) is 25.8 Å². The average Bonchev–Trinajstić information content (AvgIpc) is 3.09. The van der Waals surface area contributed by atoms with E-state index >= 15 is 0 Å². The first-order chi connectivity index (χ1) is 7.50. The second-order valence-electron chi connectivity index (χ2n) is 2.74. The second-order valence-corrected chi connectivity index (χ2v) is 3.48. The quantitative estimate of drug-likeness (QED) is 0.419. The van der Waals surface area contributed by atoms with Crippen molar-refractivity contribution in [3.8, 4) is 0 Å². The number of rotatable bonds is 0. The van der Waals surface area contributed by atoms with E-state index in [0.29, 0.717) is 0 Å². The number of halogens is 1. The Hall–Kier alpha value is -0.180. The van der Waals surface area contributed by atoms with Crippen molar-refractivity contribution in [2.75, 3.05) is 0 Å². The van der Waals surface area contributed by atoms with Crippen molar-refractivity contribution < 1.29 is 25.8 Å². The first-order valence-corrected chi connectivity index (χ1v) is 5.71. The van der Waals surface area contributed by atoms with Crippen LogP contribution in [0, 0.1) is 17.5 Å². The van der Waals surface area contributed by atoms with E-state index in [1.807, 2.05) is 41.8 Å². The van der Waals surface area contributed by atoms with E-state index in [9.17, 15) is 0 Å². The summed E-state index contributed by atoms with van der Waals surface area (Å²) in [6.45, 7) is 0. The minimum Gasteiger partial charge on any atom is -0.304 e. The van der Waals surface area contributed by atoms with Crippen LogP contribution in [0.3, 0.4) is 0 Å². The molecule has 0 saturated heterocycles. The molecule has 1 aromatic rings. The molecule has 1 heterocycles. The molecule has 0 amide bonds. The molecule has 0 bridgehead atoms. The Balaban J connectivity index is 0. The monoisotopic (exact) mass is 429 g/mol. The summed E-state index contributed by atoms with van der Waals surface area (Å²) in [5, 5.41) is 4.89. The van der Waals surface area contributed by atoms with Crippen LogP contribution in [0.25, 0.3) is 0 Å². The van der Waals surface area contributed by atoms with Crippen LogP contribution in [0.1, 0.15) is 12.8 Å². The molecule has 0 radical (unpaired) electrons. The molecule has 3 rings (SSSR count). The Bertz CT molecular complexity index is 278. The van der Waals surface area contributed by atoms with Gasteiger partial charge in [0.05, 0.1) is 0 Å². The fraction of sp³-hybridized carbons (Fsp3) is 0.143. The Labute approximate surface area is 133 Å². The van der Waals surface area contributed by atoms with Crippen LogP contribution >= 0.6 is 23.7 Å². The van der Waals surface area contributed by atoms with Gasteiger partial charge in [-0.2, -0.15) is 23.6 Å². The third kappa shape index (κ3) is 13.8. The standard InChI is InChI=1S/2C5H5.C4H3S.ClH.Hf/c3*1-2-4-5-3-1;;/h2*1-3H,4H2;1-3H;1H;/q3*-1;;. The summed E-state index contributed by atoms with van der Waals surface area (Å²) in [6.07, 6.45) is 20.0. The second kappa shape index (κ2) is 15.8. The molecule has 0 spiro atoms. The van der Waals surface area contributed by atoms with Crippen LogP contribution in [0.4, 0.5) is 0 Å². The van der Waals surface area contributed by atoms with Crippen molar-refractivity contribution in [3.05, 3.63) is 71.5 Å². The predicted octanol–water partition coefficient (Wildman–Crippen LogP) is 4.58. The van der Waals surface area contributed by atoms with Crippen LogP contribution in [-0.4, -0.2) is 0 Å². The third-order valence-corrected chi connectivity index (χ3v) is 2.12. The molecule has 90 valence electrons. The fourth-order valence-electron chi connectivity index (χ4n) is 0.877. The maximum Gasteiger partial charge on any atom is 0 e. The zero-order valence-electron chi connectivity index (χ0n) is 9.43. The zero-order valence-corrected chi connectivity index (χ0v) is 14.7. The first-order valence-electron chi connectivity index (χ1n) is 4.83. The van der Waals surface area contributed by atoms with Gasteiger partial charge in [-0.15, -0.1) is 30.6 Å². The average molecular weight is 428 g/mol. The van der Waals surface area contributed by atoms with Gasteiger partial charge in [0.25, 0.3) is 0 Å². The van der Waals surface area contributed by atoms with Gasteiger partial charge in [0.1, 0.15) is 0 Å². The molecule has 2 aliphatic rings. The van der Waals surface area contributed by atoms with E-state index in [4.69, 9.17) is 0 Å². The molecule has 0 atom stereocenters. The number of thiophene rings is 1. The summed E-state index contributed by atoms with van der Waals surface area (Å²) in [5.41, 5.74) is 0. The molecule has 1 aromatic heterocycles. The van der Waals surface area contributed by atoms with Gasteiger partial charge < -0.3 is 11.3 Å². The maximum atomic E-state index is 2.99. The zero-order chi connectivity index (χ0) is 10.6. The number of allylic oxidation sites excluding steroid dienone is 8. The van der Waals surface area contributed by atoms with Crippen molar-refractivity contribution in [2.24, 2.45) is 0 Å². The number of hydrogen-bond donors (Lipinski definition) is 0. The molecular weight excluding hydrogens is 414 g/mol. The summed E-state index contributed by atoms with van der Waals surface area (Å²) in [5.74, 6) is 0. The predicted molar refractivity (Wildman–Crippen MR) is 73.5 cm³/mol. The maximum absolute atomic E-state index is 2.99. The van der Waals surface area contributed by atoms with Crippen molar-refractivity contribution in [1.29, 1.82) is 0 Å². The molecule has 3 heteroatoms. The molecule has 0 N–H and O–H groups in total. The van der Waals surface area contributed by atoms with E-state index in [-0.39, 0.29) is 38.3 Å². The van der Waals surface area contributed by atoms with E-state index in [0.717, 1.165) is 12.8 Å². The molecule has 0 saturated carbocycles. The van der Waals surface area contributed by atoms with Crippen molar-refractivity contribution in [2.45, 2.75) is 12.8 Å². The van der Waals surface area contributed by atoms with Gasteiger partial charge in [-0.3, -0.25) is 12.2 Å². The minimum atomic E-state index is 0. The summed E-state index contributed by atoms with van der Waals surface area (Å²) in [7, 11) is 0. The van der Waals surface area contributed by atoms with E-state index < -0.39 is 0 Å². The number of hydrogen-bond acceptors (Lipinski definition) is 1. The van der Waals surface area contributed by atoms with Gasteiger partial charge in [0.15, 0.2) is 0 Å². The van der Waals surface area contributed by atoms with E-state index in [2.05, 4.69) is 29.7 Å². The van der Waals surface area contributed by atoms with Gasteiger partial charge in [-0.25, -0.2) is 30.4 Å². The van der Waals surface area contributed by atoms with Crippen LogP contribution in [0.2, 0.25) is 0 Å². The molecule has 0 fully saturated rings. The van der Waals surface area contributed by atoms with E-state index in [1.165, 1.54) is 0 Å². The summed E-state index contributed by atoms with van der Waals surface area (Å²) < 4.78 is 0. The Morgan fingerprint density at radius 3 is 1.65 bits per heavy atom. The molecule has 0 aliphatic heterocycles. The molecule has 0 nitrogen and oxygen atoms in total. The van der Waals surface area contributed by atoms with Gasteiger partial charge in [0.2, 0.25) is 0 Å². The fourth-order valence-corrected chi connectivity index (χ4v) is 1.27.